The number of likely N-dealkylation sites (tertiary alicyclic amines) is 1. The molecule has 0 aliphatic carbocycles. The van der Waals surface area contributed by atoms with E-state index in [9.17, 15) is 9.59 Å². The van der Waals surface area contributed by atoms with E-state index >= 15 is 4.39 Å². The lowest BCUT2D eigenvalue weighted by Gasteiger charge is -2.30. The minimum Gasteiger partial charge on any atom is -0.465 e. The molecular formula is C21H18Cl2FN5O3S. The molecule has 1 aliphatic rings. The fourth-order valence-corrected chi connectivity index (χ4v) is 5.25. The van der Waals surface area contributed by atoms with Crippen molar-refractivity contribution in [2.45, 2.75) is 18.8 Å². The summed E-state index contributed by atoms with van der Waals surface area (Å²) in [5.41, 5.74) is 0.799. The van der Waals surface area contributed by atoms with Gasteiger partial charge in [-0.25, -0.2) is 24.1 Å². The maximum atomic E-state index is 15.2. The molecule has 0 spiro atoms. The largest absolute Gasteiger partial charge is 0.465 e. The predicted molar refractivity (Wildman–Crippen MR) is 124 cm³/mol. The summed E-state index contributed by atoms with van der Waals surface area (Å²) >= 11 is 13.0. The summed E-state index contributed by atoms with van der Waals surface area (Å²) in [4.78, 5) is 38.2. The van der Waals surface area contributed by atoms with Crippen LogP contribution in [0.1, 0.15) is 23.8 Å². The molecule has 0 radical (unpaired) electrons. The number of carboxylic acid groups (broad SMARTS) is 1. The van der Waals surface area contributed by atoms with Crippen LogP contribution >= 0.6 is 34.5 Å². The van der Waals surface area contributed by atoms with Gasteiger partial charge in [0, 0.05) is 30.8 Å². The fraction of sp³-hybridized carbons (Fsp3) is 0.286. The first-order chi connectivity index (χ1) is 15.9. The van der Waals surface area contributed by atoms with E-state index in [1.165, 1.54) is 29.7 Å². The molecule has 4 rings (SSSR count). The standard InChI is InChI=1S/C21H18Cl2FN5O3S/c22-10-15(30)29-8-5-11(6-9-29)19-28-17(18(33-19)14-4-7-25-20(23)26-14)12-2-1-3-13(16(12)24)27-21(31)32/h1-4,7,11,27H,5-6,8-10H2,(H,31,32). The molecule has 2 amide bonds. The lowest BCUT2D eigenvalue weighted by atomic mass is 9.97. The zero-order chi connectivity index (χ0) is 23.5. The van der Waals surface area contributed by atoms with Gasteiger partial charge in [-0.1, -0.05) is 6.07 Å². The Bertz CT molecular complexity index is 1200. The summed E-state index contributed by atoms with van der Waals surface area (Å²) in [5, 5.41) is 11.9. The third kappa shape index (κ3) is 5.07. The number of nitrogens with zero attached hydrogens (tertiary/aromatic N) is 4. The SMILES string of the molecule is O=C(O)Nc1cccc(-c2nc(C3CCN(C(=O)CCl)CC3)sc2-c2ccnc(Cl)n2)c1F. The number of nitrogens with one attached hydrogen (secondary N) is 1. The minimum absolute atomic E-state index is 0.0445. The minimum atomic E-state index is -1.37. The second kappa shape index (κ2) is 9.98. The zero-order valence-corrected chi connectivity index (χ0v) is 19.4. The second-order valence-electron chi connectivity index (χ2n) is 7.33. The Kier molecular flexibility index (Phi) is 7.06. The molecule has 1 fully saturated rings. The van der Waals surface area contributed by atoms with Gasteiger partial charge in [0.1, 0.15) is 5.88 Å². The van der Waals surface area contributed by atoms with Gasteiger partial charge in [0.25, 0.3) is 0 Å². The molecule has 8 nitrogen and oxygen atoms in total. The van der Waals surface area contributed by atoms with Crippen molar-refractivity contribution < 1.29 is 19.1 Å². The van der Waals surface area contributed by atoms with Gasteiger partial charge in [-0.15, -0.1) is 22.9 Å². The Morgan fingerprint density at radius 1 is 1.24 bits per heavy atom. The molecule has 0 saturated carbocycles. The Labute approximate surface area is 202 Å². The lowest BCUT2D eigenvalue weighted by molar-refractivity contribution is -0.129. The Morgan fingerprint density at radius 3 is 2.67 bits per heavy atom. The van der Waals surface area contributed by atoms with Gasteiger partial charge in [0.05, 0.1) is 27.0 Å². The van der Waals surface area contributed by atoms with Crippen LogP contribution in [0.25, 0.3) is 21.8 Å². The summed E-state index contributed by atoms with van der Waals surface area (Å²) in [6.45, 7) is 1.12. The van der Waals surface area contributed by atoms with Crippen LogP contribution in [0.2, 0.25) is 5.28 Å². The van der Waals surface area contributed by atoms with Crippen LogP contribution in [-0.4, -0.2) is 55.9 Å². The van der Waals surface area contributed by atoms with Crippen LogP contribution in [-0.2, 0) is 4.79 Å². The van der Waals surface area contributed by atoms with E-state index in [1.54, 1.807) is 17.0 Å². The van der Waals surface area contributed by atoms with Crippen molar-refractivity contribution >= 4 is 52.2 Å². The van der Waals surface area contributed by atoms with Gasteiger partial charge < -0.3 is 10.0 Å². The molecule has 33 heavy (non-hydrogen) atoms. The second-order valence-corrected chi connectivity index (χ2v) is 8.96. The van der Waals surface area contributed by atoms with E-state index in [0.29, 0.717) is 42.2 Å². The predicted octanol–water partition coefficient (Wildman–Crippen LogP) is 5.09. The van der Waals surface area contributed by atoms with E-state index in [-0.39, 0.29) is 34.2 Å². The zero-order valence-electron chi connectivity index (χ0n) is 17.1. The smallest absolute Gasteiger partial charge is 0.409 e. The van der Waals surface area contributed by atoms with Gasteiger partial charge in [-0.05, 0) is 42.6 Å². The van der Waals surface area contributed by atoms with E-state index in [0.717, 1.165) is 5.01 Å². The first kappa shape index (κ1) is 23.3. The van der Waals surface area contributed by atoms with Gasteiger partial charge in [-0.2, -0.15) is 0 Å². The molecule has 0 atom stereocenters. The topological polar surface area (TPSA) is 108 Å². The quantitative estimate of drug-likeness (QED) is 0.366. The van der Waals surface area contributed by atoms with Gasteiger partial charge in [-0.3, -0.25) is 10.1 Å². The highest BCUT2D eigenvalue weighted by molar-refractivity contribution is 7.15. The molecule has 1 aromatic carbocycles. The van der Waals surface area contributed by atoms with Crippen molar-refractivity contribution in [1.29, 1.82) is 0 Å². The van der Waals surface area contributed by atoms with Crippen molar-refractivity contribution in [3.8, 4) is 21.8 Å². The number of halogens is 3. The van der Waals surface area contributed by atoms with Crippen molar-refractivity contribution in [3.05, 3.63) is 46.6 Å². The first-order valence-electron chi connectivity index (χ1n) is 9.99. The average molecular weight is 510 g/mol. The Hall–Kier alpha value is -2.82. The Morgan fingerprint density at radius 2 is 2.00 bits per heavy atom. The number of alkyl halides is 1. The molecule has 3 aromatic rings. The monoisotopic (exact) mass is 509 g/mol. The number of piperidine rings is 1. The van der Waals surface area contributed by atoms with Crippen molar-refractivity contribution in [2.24, 2.45) is 0 Å². The molecule has 2 N–H and O–H groups in total. The van der Waals surface area contributed by atoms with Crippen LogP contribution in [0.15, 0.2) is 30.5 Å². The molecule has 172 valence electrons. The van der Waals surface area contributed by atoms with Gasteiger partial charge in [0.15, 0.2) is 5.82 Å². The average Bonchev–Trinajstić information content (AvgIpc) is 3.25. The third-order valence-corrected chi connectivity index (χ3v) is 6.96. The lowest BCUT2D eigenvalue weighted by Crippen LogP contribution is -2.38. The summed E-state index contributed by atoms with van der Waals surface area (Å²) in [6, 6.07) is 6.08. The van der Waals surface area contributed by atoms with Crippen molar-refractivity contribution in [3.63, 3.8) is 0 Å². The molecule has 0 bridgehead atoms. The van der Waals surface area contributed by atoms with Crippen LogP contribution in [0.4, 0.5) is 14.9 Å². The van der Waals surface area contributed by atoms with Crippen molar-refractivity contribution in [2.75, 3.05) is 24.3 Å². The molecule has 12 heteroatoms. The van der Waals surface area contributed by atoms with Crippen LogP contribution < -0.4 is 5.32 Å². The first-order valence-corrected chi connectivity index (χ1v) is 11.7. The number of hydrogen-bond donors (Lipinski definition) is 2. The molecule has 1 aliphatic heterocycles. The van der Waals surface area contributed by atoms with Gasteiger partial charge in [0.2, 0.25) is 11.2 Å². The number of carbonyl (C=O) groups is 2. The maximum Gasteiger partial charge on any atom is 0.409 e. The molecular weight excluding hydrogens is 492 g/mol. The van der Waals surface area contributed by atoms with Crippen LogP contribution in [0.5, 0.6) is 0 Å². The normalized spacial score (nSPS) is 14.3. The summed E-state index contributed by atoms with van der Waals surface area (Å²) < 4.78 is 15.2. The highest BCUT2D eigenvalue weighted by Crippen LogP contribution is 2.42. The number of benzene rings is 1. The highest BCUT2D eigenvalue weighted by atomic mass is 35.5. The highest BCUT2D eigenvalue weighted by Gasteiger charge is 2.28. The summed E-state index contributed by atoms with van der Waals surface area (Å²) in [6.07, 6.45) is 1.53. The number of hydrogen-bond acceptors (Lipinski definition) is 6. The summed E-state index contributed by atoms with van der Waals surface area (Å²) in [7, 11) is 0. The number of amides is 2. The fourth-order valence-electron chi connectivity index (χ4n) is 3.72. The van der Waals surface area contributed by atoms with E-state index < -0.39 is 11.9 Å². The third-order valence-electron chi connectivity index (χ3n) is 5.31. The van der Waals surface area contributed by atoms with E-state index in [2.05, 4.69) is 15.3 Å². The number of carbonyl (C=O) groups excluding carboxylic acids is 1. The molecule has 3 heterocycles. The number of thiazole rings is 1. The number of rotatable bonds is 5. The number of anilines is 1. The van der Waals surface area contributed by atoms with Crippen LogP contribution in [0, 0.1) is 5.82 Å². The Balaban J connectivity index is 1.75. The summed E-state index contributed by atoms with van der Waals surface area (Å²) in [5.74, 6) is -0.815. The van der Waals surface area contributed by atoms with Crippen molar-refractivity contribution in [1.82, 2.24) is 19.9 Å². The maximum absolute atomic E-state index is 15.2. The van der Waals surface area contributed by atoms with Gasteiger partial charge >= 0.3 is 6.09 Å². The van der Waals surface area contributed by atoms with Crippen LogP contribution in [0.3, 0.4) is 0 Å². The number of aromatic nitrogens is 3. The van der Waals surface area contributed by atoms with E-state index in [4.69, 9.17) is 33.3 Å². The molecule has 0 unspecified atom stereocenters. The molecule has 1 saturated heterocycles. The van der Waals surface area contributed by atoms with E-state index in [1.807, 2.05) is 0 Å². The molecule has 2 aromatic heterocycles.